The molecule has 0 unspecified atom stereocenters. The molecule has 1 heterocycles. The van der Waals surface area contributed by atoms with Crippen LogP contribution in [0.1, 0.15) is 31.1 Å². The van der Waals surface area contributed by atoms with E-state index in [1.54, 1.807) is 60.7 Å². The van der Waals surface area contributed by atoms with E-state index in [9.17, 15) is 14.4 Å². The van der Waals surface area contributed by atoms with Crippen molar-refractivity contribution < 1.29 is 52.3 Å². The molecule has 0 aromatic heterocycles. The summed E-state index contributed by atoms with van der Waals surface area (Å²) in [5.41, 5.74) is 0.471. The summed E-state index contributed by atoms with van der Waals surface area (Å²) in [6, 6.07) is 19.5. The molecule has 0 spiro atoms. The van der Waals surface area contributed by atoms with Gasteiger partial charge < -0.3 is 37.9 Å². The van der Waals surface area contributed by atoms with Gasteiger partial charge in [-0.25, -0.2) is 14.4 Å². The minimum Gasteiger partial charge on any atom is -0.496 e. The number of rotatable bonds is 11. The highest BCUT2D eigenvalue weighted by atomic mass is 16.7. The smallest absolute Gasteiger partial charge is 0.342 e. The normalized spacial score (nSPS) is 19.6. The van der Waals surface area contributed by atoms with Gasteiger partial charge in [-0.05, 0) is 36.4 Å². The molecular formula is C30H30O11. The molecule has 0 radical (unpaired) electrons. The van der Waals surface area contributed by atoms with E-state index in [1.165, 1.54) is 40.6 Å². The Kier molecular flexibility index (Phi) is 9.77. The highest BCUT2D eigenvalue weighted by molar-refractivity contribution is 5.94. The van der Waals surface area contributed by atoms with Gasteiger partial charge in [0.25, 0.3) is 0 Å². The highest BCUT2D eigenvalue weighted by Gasteiger charge is 2.51. The van der Waals surface area contributed by atoms with Gasteiger partial charge in [0.1, 0.15) is 46.6 Å². The van der Waals surface area contributed by atoms with Crippen LogP contribution in [0.4, 0.5) is 0 Å². The summed E-state index contributed by atoms with van der Waals surface area (Å²) in [5, 5.41) is 0. The van der Waals surface area contributed by atoms with E-state index < -0.39 is 42.5 Å². The number of carbonyl (C=O) groups is 3. The molecular weight excluding hydrogens is 536 g/mol. The second-order valence-corrected chi connectivity index (χ2v) is 8.72. The van der Waals surface area contributed by atoms with Crippen LogP contribution in [0.25, 0.3) is 0 Å². The second kappa shape index (κ2) is 13.6. The summed E-state index contributed by atoms with van der Waals surface area (Å²) < 4.78 is 44.3. The summed E-state index contributed by atoms with van der Waals surface area (Å²) in [4.78, 5) is 39.3. The summed E-state index contributed by atoms with van der Waals surface area (Å²) in [5.74, 6) is -1.33. The van der Waals surface area contributed by atoms with Gasteiger partial charge in [-0.1, -0.05) is 36.4 Å². The molecule has 0 bridgehead atoms. The molecule has 0 aliphatic carbocycles. The lowest BCUT2D eigenvalue weighted by Crippen LogP contribution is -2.42. The Morgan fingerprint density at radius 3 is 1.46 bits per heavy atom. The topological polar surface area (TPSA) is 125 Å². The monoisotopic (exact) mass is 566 g/mol. The van der Waals surface area contributed by atoms with Gasteiger partial charge in [0.15, 0.2) is 18.5 Å². The third kappa shape index (κ3) is 6.59. The van der Waals surface area contributed by atoms with Crippen molar-refractivity contribution in [3.8, 4) is 17.2 Å². The molecule has 0 N–H and O–H groups in total. The van der Waals surface area contributed by atoms with E-state index in [0.29, 0.717) is 5.75 Å². The predicted molar refractivity (Wildman–Crippen MR) is 143 cm³/mol. The van der Waals surface area contributed by atoms with Gasteiger partial charge >= 0.3 is 17.9 Å². The minimum absolute atomic E-state index is 0.135. The van der Waals surface area contributed by atoms with Crippen molar-refractivity contribution in [1.29, 1.82) is 0 Å². The minimum atomic E-state index is -1.23. The zero-order valence-corrected chi connectivity index (χ0v) is 22.9. The van der Waals surface area contributed by atoms with Crippen molar-refractivity contribution in [2.75, 3.05) is 35.0 Å². The van der Waals surface area contributed by atoms with Crippen molar-refractivity contribution in [3.05, 3.63) is 89.5 Å². The summed E-state index contributed by atoms with van der Waals surface area (Å²) in [6.45, 7) is -0.358. The average Bonchev–Trinajstić information content (AvgIpc) is 3.34. The molecule has 41 heavy (non-hydrogen) atoms. The second-order valence-electron chi connectivity index (χ2n) is 8.72. The van der Waals surface area contributed by atoms with E-state index in [2.05, 4.69) is 0 Å². The largest absolute Gasteiger partial charge is 0.496 e. The van der Waals surface area contributed by atoms with Crippen molar-refractivity contribution in [2.24, 2.45) is 0 Å². The lowest BCUT2D eigenvalue weighted by Gasteiger charge is -2.24. The molecule has 1 fully saturated rings. The Hall–Kier alpha value is -4.61. The van der Waals surface area contributed by atoms with E-state index in [-0.39, 0.29) is 34.8 Å². The molecule has 11 heteroatoms. The Morgan fingerprint density at radius 2 is 1.02 bits per heavy atom. The Balaban J connectivity index is 1.61. The Bertz CT molecular complexity index is 1370. The van der Waals surface area contributed by atoms with Gasteiger partial charge in [0.05, 0.1) is 21.3 Å². The van der Waals surface area contributed by atoms with E-state index in [0.717, 1.165) is 0 Å². The molecule has 11 nitrogen and oxygen atoms in total. The number of esters is 3. The van der Waals surface area contributed by atoms with Crippen LogP contribution in [0.3, 0.4) is 0 Å². The molecule has 3 aromatic carbocycles. The van der Waals surface area contributed by atoms with Crippen molar-refractivity contribution >= 4 is 17.9 Å². The molecule has 0 saturated carbocycles. The van der Waals surface area contributed by atoms with Crippen LogP contribution in [-0.4, -0.2) is 77.6 Å². The lowest BCUT2D eigenvalue weighted by atomic mass is 10.1. The molecule has 1 aliphatic rings. The van der Waals surface area contributed by atoms with Crippen molar-refractivity contribution in [1.82, 2.24) is 0 Å². The van der Waals surface area contributed by atoms with Crippen LogP contribution in [0, 0.1) is 0 Å². The fraction of sp³-hybridized carbons (Fsp3) is 0.300. The number of carbonyl (C=O) groups excluding carboxylic acids is 3. The molecule has 216 valence electrons. The van der Waals surface area contributed by atoms with E-state index >= 15 is 0 Å². The molecule has 0 amide bonds. The summed E-state index contributed by atoms with van der Waals surface area (Å²) in [7, 11) is 5.62. The third-order valence-corrected chi connectivity index (χ3v) is 6.35. The van der Waals surface area contributed by atoms with Gasteiger partial charge in [-0.15, -0.1) is 0 Å². The molecule has 1 saturated heterocycles. The maximum atomic E-state index is 13.3. The van der Waals surface area contributed by atoms with Crippen LogP contribution in [0.5, 0.6) is 17.2 Å². The molecule has 4 atom stereocenters. The Labute approximate surface area is 236 Å². The van der Waals surface area contributed by atoms with Crippen LogP contribution >= 0.6 is 0 Å². The van der Waals surface area contributed by atoms with Gasteiger partial charge in [-0.3, -0.25) is 0 Å². The first-order chi connectivity index (χ1) is 19.9. The van der Waals surface area contributed by atoms with Gasteiger partial charge in [-0.2, -0.15) is 0 Å². The first-order valence-electron chi connectivity index (χ1n) is 12.6. The predicted octanol–water partition coefficient (Wildman–Crippen LogP) is 3.69. The number of hydrogen-bond acceptors (Lipinski definition) is 11. The Morgan fingerprint density at radius 1 is 0.610 bits per heavy atom. The average molecular weight is 567 g/mol. The molecule has 1 aliphatic heterocycles. The van der Waals surface area contributed by atoms with Crippen molar-refractivity contribution in [2.45, 2.75) is 24.6 Å². The van der Waals surface area contributed by atoms with Crippen LogP contribution in [0.2, 0.25) is 0 Å². The fourth-order valence-electron chi connectivity index (χ4n) is 4.33. The SMILES string of the molecule is COc1ccccc1C(=O)OC[C@H]1O[C@H](OC)[C@@H](OC(=O)c2ccccc2OC)[C@@H]1OC(=O)c1ccccc1OC. The third-order valence-electron chi connectivity index (χ3n) is 6.35. The summed E-state index contributed by atoms with van der Waals surface area (Å²) in [6.07, 6.45) is -4.68. The number of ether oxygens (including phenoxy) is 8. The standard InChI is InChI=1S/C30H30O11/c1-34-21-14-8-5-11-18(21)27(31)38-17-24-25(40-28(32)19-12-6-9-15-22(19)35-2)26(30(37-4)39-24)41-29(33)20-13-7-10-16-23(20)36-3/h5-16,24-26,30H,17H2,1-4H3/t24-,25-,26+,30+/m1/s1. The lowest BCUT2D eigenvalue weighted by molar-refractivity contribution is -0.155. The zero-order valence-electron chi connectivity index (χ0n) is 22.9. The van der Waals surface area contributed by atoms with Crippen LogP contribution < -0.4 is 14.2 Å². The maximum Gasteiger partial charge on any atom is 0.342 e. The first kappa shape index (κ1) is 29.4. The van der Waals surface area contributed by atoms with Gasteiger partial charge in [0, 0.05) is 7.11 Å². The molecule has 3 aromatic rings. The highest BCUT2D eigenvalue weighted by Crippen LogP contribution is 2.32. The number of para-hydroxylation sites is 3. The number of benzene rings is 3. The van der Waals surface area contributed by atoms with Crippen LogP contribution in [0.15, 0.2) is 72.8 Å². The van der Waals surface area contributed by atoms with Crippen LogP contribution in [-0.2, 0) is 23.7 Å². The van der Waals surface area contributed by atoms with Gasteiger partial charge in [0.2, 0.25) is 0 Å². The van der Waals surface area contributed by atoms with E-state index in [1.807, 2.05) is 0 Å². The maximum absolute atomic E-state index is 13.3. The summed E-state index contributed by atoms with van der Waals surface area (Å²) >= 11 is 0. The number of hydrogen-bond donors (Lipinski definition) is 0. The fourth-order valence-corrected chi connectivity index (χ4v) is 4.33. The van der Waals surface area contributed by atoms with Crippen molar-refractivity contribution in [3.63, 3.8) is 0 Å². The first-order valence-corrected chi connectivity index (χ1v) is 12.6. The van der Waals surface area contributed by atoms with E-state index in [4.69, 9.17) is 37.9 Å². The zero-order chi connectivity index (χ0) is 29.4. The quantitative estimate of drug-likeness (QED) is 0.249. The number of methoxy groups -OCH3 is 4. The molecule has 4 rings (SSSR count).